The van der Waals surface area contributed by atoms with E-state index in [4.69, 9.17) is 18.9 Å². The first-order valence-electron chi connectivity index (χ1n) is 13.4. The lowest BCUT2D eigenvalue weighted by Crippen LogP contribution is -2.48. The summed E-state index contributed by atoms with van der Waals surface area (Å²) >= 11 is 0. The van der Waals surface area contributed by atoms with Crippen molar-refractivity contribution in [1.82, 2.24) is 0 Å². The Morgan fingerprint density at radius 3 is 1.43 bits per heavy atom. The lowest BCUT2D eigenvalue weighted by molar-refractivity contribution is -0.168. The maximum Gasteiger partial charge on any atom is 0.189 e. The summed E-state index contributed by atoms with van der Waals surface area (Å²) in [6.45, 7) is 0.779. The number of ketones is 1. The molecular weight excluding hydrogens is 504 g/mol. The minimum atomic E-state index is -1.12. The molecule has 0 saturated heterocycles. The van der Waals surface area contributed by atoms with Gasteiger partial charge in [0.05, 0.1) is 33.0 Å². The summed E-state index contributed by atoms with van der Waals surface area (Å²) in [5, 5.41) is 11.3. The van der Waals surface area contributed by atoms with Crippen molar-refractivity contribution in [2.24, 2.45) is 0 Å². The van der Waals surface area contributed by atoms with Crippen LogP contribution in [-0.4, -0.2) is 42.4 Å². The predicted octanol–water partition coefficient (Wildman–Crippen LogP) is 5.52. The highest BCUT2D eigenvalue weighted by Gasteiger charge is 2.36. The Morgan fingerprint density at radius 1 is 0.550 bits per heavy atom. The van der Waals surface area contributed by atoms with Crippen LogP contribution in [0, 0.1) is 0 Å². The summed E-state index contributed by atoms with van der Waals surface area (Å²) in [5.41, 5.74) is 3.77. The zero-order chi connectivity index (χ0) is 27.8. The highest BCUT2D eigenvalue weighted by atomic mass is 16.6. The number of aliphatic hydroxyl groups excluding tert-OH is 1. The van der Waals surface area contributed by atoms with Gasteiger partial charge in [0.25, 0.3) is 0 Å². The van der Waals surface area contributed by atoms with E-state index in [1.807, 2.05) is 121 Å². The quantitative estimate of drug-likeness (QED) is 0.190. The number of hydrogen-bond donors (Lipinski definition) is 1. The summed E-state index contributed by atoms with van der Waals surface area (Å²) in [6, 6.07) is 38.6. The van der Waals surface area contributed by atoms with Crippen LogP contribution in [0.2, 0.25) is 0 Å². The predicted molar refractivity (Wildman–Crippen MR) is 153 cm³/mol. The average molecular weight is 541 g/mol. The van der Waals surface area contributed by atoms with Crippen LogP contribution in [0.25, 0.3) is 0 Å². The summed E-state index contributed by atoms with van der Waals surface area (Å²) in [5.74, 6) is -0.313. The Bertz CT molecular complexity index is 1230. The number of carbonyl (C=O) groups excluding carboxylic acids is 1. The first-order valence-corrected chi connectivity index (χ1v) is 13.4. The Morgan fingerprint density at radius 2 is 0.950 bits per heavy atom. The Labute approximate surface area is 236 Å². The number of carbonyl (C=O) groups is 1. The van der Waals surface area contributed by atoms with Gasteiger partial charge >= 0.3 is 0 Å². The fraction of sp³-hybridized carbons (Fsp3) is 0.265. The van der Waals surface area contributed by atoms with Gasteiger partial charge in [-0.05, 0) is 22.3 Å². The van der Waals surface area contributed by atoms with Crippen molar-refractivity contribution in [2.45, 2.75) is 44.7 Å². The molecule has 0 fully saturated rings. The number of ether oxygens (including phenoxy) is 4. The maximum absolute atomic E-state index is 13.5. The van der Waals surface area contributed by atoms with Gasteiger partial charge in [-0.1, -0.05) is 121 Å². The SMILES string of the molecule is O=C(COCc1ccccc1)[C@@H](OCc1ccccc1)[C@H](OCc1ccccc1)[C@H](O)COCc1ccccc1. The van der Waals surface area contributed by atoms with Gasteiger partial charge in [0, 0.05) is 0 Å². The molecule has 3 atom stereocenters. The van der Waals surface area contributed by atoms with Crippen LogP contribution in [0.1, 0.15) is 22.3 Å². The first-order chi connectivity index (χ1) is 19.7. The fourth-order valence-corrected chi connectivity index (χ4v) is 4.19. The van der Waals surface area contributed by atoms with Crippen molar-refractivity contribution in [2.75, 3.05) is 13.2 Å². The molecule has 6 nitrogen and oxygen atoms in total. The highest BCUT2D eigenvalue weighted by Crippen LogP contribution is 2.18. The minimum absolute atomic E-state index is 0.0301. The molecule has 0 aromatic heterocycles. The van der Waals surface area contributed by atoms with E-state index in [1.165, 1.54) is 0 Å². The number of aliphatic hydroxyl groups is 1. The Kier molecular flexibility index (Phi) is 12.1. The third kappa shape index (κ3) is 9.83. The zero-order valence-corrected chi connectivity index (χ0v) is 22.5. The second-order valence-corrected chi connectivity index (χ2v) is 9.49. The molecule has 6 heteroatoms. The minimum Gasteiger partial charge on any atom is -0.388 e. The summed E-state index contributed by atoms with van der Waals surface area (Å²) in [4.78, 5) is 13.5. The van der Waals surface area contributed by atoms with Gasteiger partial charge in [-0.15, -0.1) is 0 Å². The number of benzene rings is 4. The van der Waals surface area contributed by atoms with Gasteiger partial charge in [0.1, 0.15) is 24.9 Å². The average Bonchev–Trinajstić information content (AvgIpc) is 3.00. The van der Waals surface area contributed by atoms with Crippen molar-refractivity contribution in [3.8, 4) is 0 Å². The van der Waals surface area contributed by atoms with Crippen LogP contribution >= 0.6 is 0 Å². The van der Waals surface area contributed by atoms with E-state index < -0.39 is 18.3 Å². The smallest absolute Gasteiger partial charge is 0.189 e. The Balaban J connectivity index is 1.47. The molecule has 208 valence electrons. The molecule has 0 aliphatic heterocycles. The summed E-state index contributed by atoms with van der Waals surface area (Å²) < 4.78 is 23.9. The van der Waals surface area contributed by atoms with Gasteiger partial charge in [0.15, 0.2) is 5.78 Å². The molecule has 0 unspecified atom stereocenters. The number of Topliss-reactive ketones (excluding diaryl/α,β-unsaturated/α-hetero) is 1. The molecule has 0 aliphatic rings. The van der Waals surface area contributed by atoms with E-state index in [1.54, 1.807) is 0 Å². The van der Waals surface area contributed by atoms with E-state index in [-0.39, 0.29) is 38.8 Å². The van der Waals surface area contributed by atoms with Crippen LogP contribution < -0.4 is 0 Å². The molecule has 1 N–H and O–H groups in total. The van der Waals surface area contributed by atoms with E-state index in [2.05, 4.69) is 0 Å². The van der Waals surface area contributed by atoms with Gasteiger partial charge in [-0.2, -0.15) is 0 Å². The lowest BCUT2D eigenvalue weighted by Gasteiger charge is -2.30. The van der Waals surface area contributed by atoms with Crippen molar-refractivity contribution < 1.29 is 28.8 Å². The molecule has 0 heterocycles. The van der Waals surface area contributed by atoms with Gasteiger partial charge in [-0.3, -0.25) is 4.79 Å². The normalized spacial score (nSPS) is 13.4. The molecule has 4 aromatic carbocycles. The molecule has 0 bridgehead atoms. The molecule has 0 saturated carbocycles. The molecule has 0 amide bonds. The zero-order valence-electron chi connectivity index (χ0n) is 22.5. The molecule has 40 heavy (non-hydrogen) atoms. The number of hydrogen-bond acceptors (Lipinski definition) is 6. The van der Waals surface area contributed by atoms with Crippen LogP contribution in [0.4, 0.5) is 0 Å². The topological polar surface area (TPSA) is 74.2 Å². The third-order valence-electron chi connectivity index (χ3n) is 6.31. The van der Waals surface area contributed by atoms with E-state index in [9.17, 15) is 9.90 Å². The van der Waals surface area contributed by atoms with Gasteiger partial charge in [0.2, 0.25) is 0 Å². The molecule has 4 aromatic rings. The van der Waals surface area contributed by atoms with E-state index in [0.29, 0.717) is 6.61 Å². The lowest BCUT2D eigenvalue weighted by atomic mass is 10.0. The highest BCUT2D eigenvalue weighted by molar-refractivity contribution is 5.85. The second-order valence-electron chi connectivity index (χ2n) is 9.49. The largest absolute Gasteiger partial charge is 0.388 e. The molecule has 0 radical (unpaired) electrons. The first kappa shape index (κ1) is 29.3. The second kappa shape index (κ2) is 16.5. The monoisotopic (exact) mass is 540 g/mol. The van der Waals surface area contributed by atoms with Crippen LogP contribution in [0.5, 0.6) is 0 Å². The fourth-order valence-electron chi connectivity index (χ4n) is 4.19. The molecular formula is C34H36O6. The standard InChI is InChI=1S/C34H36O6/c35-31(25-37-21-27-13-5-1-6-14-27)33(39-23-29-17-9-3-10-18-29)34(40-24-30-19-11-4-12-20-30)32(36)26-38-22-28-15-7-2-8-16-28/h1-20,31,33-35H,21-26H2/t31-,33-,34-/m1/s1. The molecule has 4 rings (SSSR count). The van der Waals surface area contributed by atoms with Gasteiger partial charge in [-0.25, -0.2) is 0 Å². The number of rotatable bonds is 17. The van der Waals surface area contributed by atoms with Crippen molar-refractivity contribution in [3.05, 3.63) is 144 Å². The van der Waals surface area contributed by atoms with Crippen LogP contribution in [0.15, 0.2) is 121 Å². The summed E-state index contributed by atoms with van der Waals surface area (Å²) in [6.07, 6.45) is -3.17. The summed E-state index contributed by atoms with van der Waals surface area (Å²) in [7, 11) is 0. The Hall–Kier alpha value is -3.65. The van der Waals surface area contributed by atoms with Crippen LogP contribution in [0.3, 0.4) is 0 Å². The van der Waals surface area contributed by atoms with E-state index >= 15 is 0 Å². The molecule has 0 aliphatic carbocycles. The molecule has 0 spiro atoms. The van der Waals surface area contributed by atoms with E-state index in [0.717, 1.165) is 22.3 Å². The van der Waals surface area contributed by atoms with Crippen molar-refractivity contribution >= 4 is 5.78 Å². The third-order valence-corrected chi connectivity index (χ3v) is 6.31. The van der Waals surface area contributed by atoms with Crippen molar-refractivity contribution in [3.63, 3.8) is 0 Å². The van der Waals surface area contributed by atoms with Crippen LogP contribution in [-0.2, 0) is 50.2 Å². The van der Waals surface area contributed by atoms with Gasteiger partial charge < -0.3 is 24.1 Å². The maximum atomic E-state index is 13.5. The van der Waals surface area contributed by atoms with Crippen molar-refractivity contribution in [1.29, 1.82) is 0 Å².